The first-order valence-corrected chi connectivity index (χ1v) is 7.66. The third kappa shape index (κ3) is 3.86. The van der Waals surface area contributed by atoms with Crippen LogP contribution in [-0.2, 0) is 0 Å². The second kappa shape index (κ2) is 7.09. The van der Waals surface area contributed by atoms with E-state index in [4.69, 9.17) is 4.74 Å². The lowest BCUT2D eigenvalue weighted by Gasteiger charge is -2.23. The van der Waals surface area contributed by atoms with E-state index in [9.17, 15) is 4.79 Å². The zero-order valence-electron chi connectivity index (χ0n) is 12.4. The van der Waals surface area contributed by atoms with Crippen molar-refractivity contribution in [1.82, 2.24) is 10.6 Å². The van der Waals surface area contributed by atoms with Crippen molar-refractivity contribution in [2.24, 2.45) is 0 Å². The van der Waals surface area contributed by atoms with Crippen LogP contribution in [0.1, 0.15) is 23.2 Å². The monoisotopic (exact) mass is 296 g/mol. The molecule has 4 heteroatoms. The normalized spacial score (nSPS) is 17.7. The Kier molecular flexibility index (Phi) is 4.71. The van der Waals surface area contributed by atoms with Crippen LogP contribution in [0.5, 0.6) is 11.5 Å². The first-order chi connectivity index (χ1) is 10.8. The van der Waals surface area contributed by atoms with Gasteiger partial charge in [-0.2, -0.15) is 0 Å². The van der Waals surface area contributed by atoms with Crippen molar-refractivity contribution < 1.29 is 9.53 Å². The topological polar surface area (TPSA) is 50.4 Å². The summed E-state index contributed by atoms with van der Waals surface area (Å²) >= 11 is 0. The maximum Gasteiger partial charge on any atom is 0.251 e. The number of rotatable bonds is 4. The van der Waals surface area contributed by atoms with Gasteiger partial charge in [0.15, 0.2) is 0 Å². The molecule has 0 radical (unpaired) electrons. The van der Waals surface area contributed by atoms with E-state index in [1.54, 1.807) is 6.07 Å². The van der Waals surface area contributed by atoms with E-state index >= 15 is 0 Å². The Morgan fingerprint density at radius 2 is 1.91 bits per heavy atom. The second-order valence-electron chi connectivity index (χ2n) is 5.46. The largest absolute Gasteiger partial charge is 0.457 e. The molecule has 0 aliphatic carbocycles. The molecule has 0 aromatic heterocycles. The smallest absolute Gasteiger partial charge is 0.251 e. The third-order valence-corrected chi connectivity index (χ3v) is 3.71. The number of hydrogen-bond donors (Lipinski definition) is 2. The van der Waals surface area contributed by atoms with Crippen LogP contribution in [0.3, 0.4) is 0 Å². The Hall–Kier alpha value is -2.33. The summed E-state index contributed by atoms with van der Waals surface area (Å²) in [6, 6.07) is 17.0. The van der Waals surface area contributed by atoms with E-state index < -0.39 is 0 Å². The lowest BCUT2D eigenvalue weighted by atomic mass is 10.1. The molecule has 2 aromatic rings. The zero-order valence-corrected chi connectivity index (χ0v) is 12.4. The highest BCUT2D eigenvalue weighted by atomic mass is 16.5. The maximum absolute atomic E-state index is 12.3. The fourth-order valence-corrected chi connectivity index (χ4v) is 2.57. The number of para-hydroxylation sites is 1. The van der Waals surface area contributed by atoms with E-state index in [-0.39, 0.29) is 11.9 Å². The highest BCUT2D eigenvalue weighted by Gasteiger charge is 2.16. The molecular weight excluding hydrogens is 276 g/mol. The summed E-state index contributed by atoms with van der Waals surface area (Å²) in [5.41, 5.74) is 0.624. The van der Waals surface area contributed by atoms with Crippen molar-refractivity contribution in [3.63, 3.8) is 0 Å². The van der Waals surface area contributed by atoms with E-state index in [1.807, 2.05) is 48.5 Å². The van der Waals surface area contributed by atoms with Crippen molar-refractivity contribution in [2.75, 3.05) is 13.1 Å². The predicted octanol–water partition coefficient (Wildman–Crippen LogP) is 2.96. The number of benzene rings is 2. The van der Waals surface area contributed by atoms with Crippen molar-refractivity contribution in [2.45, 2.75) is 18.9 Å². The number of nitrogens with one attached hydrogen (secondary N) is 2. The molecule has 2 aromatic carbocycles. The molecule has 1 saturated heterocycles. The minimum atomic E-state index is -0.0489. The first kappa shape index (κ1) is 14.6. The Morgan fingerprint density at radius 1 is 1.09 bits per heavy atom. The molecule has 1 heterocycles. The molecule has 1 fully saturated rings. The molecule has 1 unspecified atom stereocenters. The van der Waals surface area contributed by atoms with Gasteiger partial charge in [0.2, 0.25) is 0 Å². The van der Waals surface area contributed by atoms with Crippen LogP contribution in [0.4, 0.5) is 0 Å². The molecular formula is C18H20N2O2. The number of amides is 1. The van der Waals surface area contributed by atoms with Gasteiger partial charge in [-0.1, -0.05) is 24.3 Å². The number of piperidine rings is 1. The molecule has 0 saturated carbocycles. The average Bonchev–Trinajstić information content (AvgIpc) is 2.57. The molecule has 2 N–H and O–H groups in total. The summed E-state index contributed by atoms with van der Waals surface area (Å²) in [7, 11) is 0. The van der Waals surface area contributed by atoms with Crippen LogP contribution in [0.15, 0.2) is 54.6 Å². The zero-order chi connectivity index (χ0) is 15.2. The number of carbonyl (C=O) groups excluding carboxylic acids is 1. The minimum absolute atomic E-state index is 0.0489. The predicted molar refractivity (Wildman–Crippen MR) is 86.3 cm³/mol. The molecule has 4 nitrogen and oxygen atoms in total. The number of carbonyl (C=O) groups is 1. The molecule has 1 aliphatic heterocycles. The second-order valence-corrected chi connectivity index (χ2v) is 5.46. The van der Waals surface area contributed by atoms with Gasteiger partial charge in [-0.05, 0) is 49.7 Å². The number of hydrogen-bond acceptors (Lipinski definition) is 3. The standard InChI is InChI=1S/C18H20N2O2/c21-18(20-15-7-5-11-19-13-15)14-6-4-10-17(12-14)22-16-8-2-1-3-9-16/h1-4,6,8-10,12,15,19H,5,7,11,13H2,(H,20,21). The van der Waals surface area contributed by atoms with Crippen LogP contribution in [-0.4, -0.2) is 25.0 Å². The van der Waals surface area contributed by atoms with Gasteiger partial charge in [-0.25, -0.2) is 0 Å². The summed E-state index contributed by atoms with van der Waals surface area (Å²) in [6.45, 7) is 1.87. The van der Waals surface area contributed by atoms with E-state index in [0.717, 1.165) is 31.7 Å². The number of ether oxygens (including phenoxy) is 1. The molecule has 114 valence electrons. The third-order valence-electron chi connectivity index (χ3n) is 3.71. The summed E-state index contributed by atoms with van der Waals surface area (Å²) in [4.78, 5) is 12.3. The lowest BCUT2D eigenvalue weighted by Crippen LogP contribution is -2.45. The van der Waals surface area contributed by atoms with Gasteiger partial charge in [0.25, 0.3) is 5.91 Å². The van der Waals surface area contributed by atoms with Gasteiger partial charge < -0.3 is 15.4 Å². The van der Waals surface area contributed by atoms with E-state index in [0.29, 0.717) is 11.3 Å². The Bertz CT molecular complexity index is 622. The minimum Gasteiger partial charge on any atom is -0.457 e. The van der Waals surface area contributed by atoms with Crippen molar-refractivity contribution in [3.8, 4) is 11.5 Å². The van der Waals surface area contributed by atoms with Gasteiger partial charge in [0.05, 0.1) is 0 Å². The molecule has 1 atom stereocenters. The average molecular weight is 296 g/mol. The highest BCUT2D eigenvalue weighted by Crippen LogP contribution is 2.21. The molecule has 3 rings (SSSR count). The lowest BCUT2D eigenvalue weighted by molar-refractivity contribution is 0.0930. The fourth-order valence-electron chi connectivity index (χ4n) is 2.57. The maximum atomic E-state index is 12.3. The van der Waals surface area contributed by atoms with Crippen LogP contribution < -0.4 is 15.4 Å². The summed E-state index contributed by atoms with van der Waals surface area (Å²) in [5, 5.41) is 6.37. The summed E-state index contributed by atoms with van der Waals surface area (Å²) in [5.74, 6) is 1.38. The Labute approximate surface area is 130 Å². The van der Waals surface area contributed by atoms with E-state index in [2.05, 4.69) is 10.6 Å². The highest BCUT2D eigenvalue weighted by molar-refractivity contribution is 5.94. The Morgan fingerprint density at radius 3 is 2.68 bits per heavy atom. The van der Waals surface area contributed by atoms with Crippen LogP contribution in [0.2, 0.25) is 0 Å². The molecule has 0 bridgehead atoms. The van der Waals surface area contributed by atoms with Gasteiger partial charge >= 0.3 is 0 Å². The summed E-state index contributed by atoms with van der Waals surface area (Å²) in [6.07, 6.45) is 2.13. The van der Waals surface area contributed by atoms with Crippen molar-refractivity contribution >= 4 is 5.91 Å². The van der Waals surface area contributed by atoms with Crippen LogP contribution in [0.25, 0.3) is 0 Å². The van der Waals surface area contributed by atoms with E-state index in [1.165, 1.54) is 0 Å². The molecule has 0 spiro atoms. The van der Waals surface area contributed by atoms with Gasteiger partial charge in [-0.15, -0.1) is 0 Å². The Balaban J connectivity index is 1.66. The van der Waals surface area contributed by atoms with Gasteiger partial charge in [-0.3, -0.25) is 4.79 Å². The molecule has 22 heavy (non-hydrogen) atoms. The van der Waals surface area contributed by atoms with Gasteiger partial charge in [0.1, 0.15) is 11.5 Å². The SMILES string of the molecule is O=C(NC1CCCNC1)c1cccc(Oc2ccccc2)c1. The molecule has 1 amide bonds. The van der Waals surface area contributed by atoms with Crippen molar-refractivity contribution in [1.29, 1.82) is 0 Å². The van der Waals surface area contributed by atoms with Crippen LogP contribution >= 0.6 is 0 Å². The fraction of sp³-hybridized carbons (Fsp3) is 0.278. The quantitative estimate of drug-likeness (QED) is 0.912. The molecule has 1 aliphatic rings. The first-order valence-electron chi connectivity index (χ1n) is 7.66. The van der Waals surface area contributed by atoms with Crippen LogP contribution in [0, 0.1) is 0 Å². The summed E-state index contributed by atoms with van der Waals surface area (Å²) < 4.78 is 5.77. The van der Waals surface area contributed by atoms with Crippen molar-refractivity contribution in [3.05, 3.63) is 60.2 Å². The van der Waals surface area contributed by atoms with Gasteiger partial charge in [0, 0.05) is 18.2 Å².